The topological polar surface area (TPSA) is 34.6 Å². The second kappa shape index (κ2) is 3.49. The molecule has 3 rings (SSSR count). The Balaban J connectivity index is 1.77. The van der Waals surface area contributed by atoms with E-state index < -0.39 is 0 Å². The summed E-state index contributed by atoms with van der Waals surface area (Å²) < 4.78 is 10.9. The molecule has 0 bridgehead atoms. The smallest absolute Gasteiger partial charge is 0.141 e. The summed E-state index contributed by atoms with van der Waals surface area (Å²) in [5.41, 5.74) is 2.22. The zero-order chi connectivity index (χ0) is 10.3. The molecular weight excluding hydrogens is 190 g/mol. The Labute approximate surface area is 89.4 Å². The maximum atomic E-state index is 5.73. The summed E-state index contributed by atoms with van der Waals surface area (Å²) in [6.07, 6.45) is 2.83. The van der Waals surface area contributed by atoms with E-state index in [1.807, 2.05) is 19.1 Å². The second-order valence-corrected chi connectivity index (χ2v) is 4.38. The van der Waals surface area contributed by atoms with E-state index in [2.05, 4.69) is 4.98 Å². The summed E-state index contributed by atoms with van der Waals surface area (Å²) in [5.74, 6) is 1.60. The third-order valence-electron chi connectivity index (χ3n) is 2.82. The molecule has 1 aliphatic heterocycles. The number of aromatic nitrogens is 1. The number of pyridine rings is 1. The molecule has 2 fully saturated rings. The highest BCUT2D eigenvalue weighted by Gasteiger charge is 2.29. The van der Waals surface area contributed by atoms with E-state index in [4.69, 9.17) is 9.47 Å². The van der Waals surface area contributed by atoms with Crippen LogP contribution in [0.25, 0.3) is 0 Å². The van der Waals surface area contributed by atoms with E-state index in [9.17, 15) is 0 Å². The van der Waals surface area contributed by atoms with Crippen LogP contribution in [-0.4, -0.2) is 24.3 Å². The van der Waals surface area contributed by atoms with Gasteiger partial charge < -0.3 is 9.47 Å². The van der Waals surface area contributed by atoms with Crippen LogP contribution in [0.5, 0.6) is 5.75 Å². The lowest BCUT2D eigenvalue weighted by atomic mass is 10.2. The molecule has 1 aromatic rings. The Morgan fingerprint density at radius 1 is 1.47 bits per heavy atom. The molecule has 1 aliphatic carbocycles. The van der Waals surface area contributed by atoms with Crippen LogP contribution in [0.2, 0.25) is 0 Å². The van der Waals surface area contributed by atoms with Gasteiger partial charge in [0.05, 0.1) is 12.3 Å². The average Bonchev–Trinajstić information content (AvgIpc) is 3.10. The summed E-state index contributed by atoms with van der Waals surface area (Å²) in [6, 6.07) is 4.05. The van der Waals surface area contributed by atoms with Crippen LogP contribution in [0.4, 0.5) is 0 Å². The number of hydrogen-bond donors (Lipinski definition) is 0. The molecule has 0 N–H and O–H groups in total. The molecule has 1 saturated carbocycles. The molecule has 80 valence electrons. The zero-order valence-electron chi connectivity index (χ0n) is 8.90. The maximum absolute atomic E-state index is 5.73. The molecule has 2 aliphatic rings. The third-order valence-corrected chi connectivity index (χ3v) is 2.82. The summed E-state index contributed by atoms with van der Waals surface area (Å²) in [6.45, 7) is 3.54. The van der Waals surface area contributed by atoms with Crippen molar-refractivity contribution in [3.63, 3.8) is 0 Å². The fourth-order valence-corrected chi connectivity index (χ4v) is 1.68. The van der Waals surface area contributed by atoms with Gasteiger partial charge in [-0.1, -0.05) is 0 Å². The van der Waals surface area contributed by atoms with Gasteiger partial charge in [-0.05, 0) is 31.9 Å². The van der Waals surface area contributed by atoms with Gasteiger partial charge in [-0.25, -0.2) is 0 Å². The first-order chi connectivity index (χ1) is 7.33. The highest BCUT2D eigenvalue weighted by molar-refractivity contribution is 5.34. The molecule has 1 aromatic heterocycles. The minimum atomic E-state index is 0.318. The van der Waals surface area contributed by atoms with Gasteiger partial charge in [0.2, 0.25) is 0 Å². The molecule has 15 heavy (non-hydrogen) atoms. The number of rotatable bonds is 4. The van der Waals surface area contributed by atoms with E-state index in [1.54, 1.807) is 0 Å². The predicted molar refractivity (Wildman–Crippen MR) is 56.2 cm³/mol. The van der Waals surface area contributed by atoms with Gasteiger partial charge in [0.25, 0.3) is 0 Å². The second-order valence-electron chi connectivity index (χ2n) is 4.38. The lowest BCUT2D eigenvalue weighted by molar-refractivity contribution is 0.260. The lowest BCUT2D eigenvalue weighted by Crippen LogP contribution is -2.06. The van der Waals surface area contributed by atoms with E-state index in [1.165, 1.54) is 12.8 Å². The van der Waals surface area contributed by atoms with Crippen LogP contribution in [0, 0.1) is 6.92 Å². The van der Waals surface area contributed by atoms with Gasteiger partial charge in [0.15, 0.2) is 0 Å². The van der Waals surface area contributed by atoms with Crippen LogP contribution in [0.15, 0.2) is 12.1 Å². The number of ether oxygens (including phenoxy) is 2. The van der Waals surface area contributed by atoms with Crippen LogP contribution < -0.4 is 4.74 Å². The standard InChI is InChI=1S/C12H15NO2/c1-8-2-5-11(15-7-10-6-14-10)12(13-8)9-3-4-9/h2,5,9-10H,3-4,6-7H2,1H3/t10-/m0/s1. The summed E-state index contributed by atoms with van der Waals surface area (Å²) >= 11 is 0. The minimum absolute atomic E-state index is 0.318. The van der Waals surface area contributed by atoms with Gasteiger partial charge in [0, 0.05) is 11.6 Å². The Bertz CT molecular complexity index is 370. The van der Waals surface area contributed by atoms with E-state index in [0.29, 0.717) is 18.6 Å². The molecule has 0 amide bonds. The average molecular weight is 205 g/mol. The summed E-state index contributed by atoms with van der Waals surface area (Å²) in [5, 5.41) is 0. The third kappa shape index (κ3) is 2.12. The number of nitrogens with zero attached hydrogens (tertiary/aromatic N) is 1. The minimum Gasteiger partial charge on any atom is -0.489 e. The molecule has 2 heterocycles. The molecule has 0 radical (unpaired) electrons. The number of epoxide rings is 1. The van der Waals surface area contributed by atoms with Crippen LogP contribution in [-0.2, 0) is 4.74 Å². The molecule has 3 nitrogen and oxygen atoms in total. The SMILES string of the molecule is Cc1ccc(OC[C@@H]2CO2)c(C2CC2)n1. The lowest BCUT2D eigenvalue weighted by Gasteiger charge is -2.09. The number of aryl methyl sites for hydroxylation is 1. The fourth-order valence-electron chi connectivity index (χ4n) is 1.68. The van der Waals surface area contributed by atoms with Gasteiger partial charge in [0.1, 0.15) is 18.5 Å². The largest absolute Gasteiger partial charge is 0.489 e. The Hall–Kier alpha value is -1.09. The molecule has 0 aromatic carbocycles. The molecule has 0 unspecified atom stereocenters. The van der Waals surface area contributed by atoms with Crippen molar-refractivity contribution in [2.24, 2.45) is 0 Å². The zero-order valence-corrected chi connectivity index (χ0v) is 8.90. The van der Waals surface area contributed by atoms with Crippen LogP contribution in [0.1, 0.15) is 30.1 Å². The predicted octanol–water partition coefficient (Wildman–Crippen LogP) is 2.05. The molecular formula is C12H15NO2. The number of hydrogen-bond acceptors (Lipinski definition) is 3. The maximum Gasteiger partial charge on any atom is 0.141 e. The molecule has 0 spiro atoms. The Morgan fingerprint density at radius 2 is 2.27 bits per heavy atom. The van der Waals surface area contributed by atoms with E-state index in [-0.39, 0.29) is 0 Å². The molecule has 1 saturated heterocycles. The Morgan fingerprint density at radius 3 is 2.93 bits per heavy atom. The molecule has 3 heteroatoms. The van der Waals surface area contributed by atoms with Gasteiger partial charge in [-0.2, -0.15) is 0 Å². The van der Waals surface area contributed by atoms with Crippen molar-refractivity contribution in [2.45, 2.75) is 31.8 Å². The van der Waals surface area contributed by atoms with Crippen molar-refractivity contribution < 1.29 is 9.47 Å². The van der Waals surface area contributed by atoms with E-state index >= 15 is 0 Å². The van der Waals surface area contributed by atoms with Crippen molar-refractivity contribution in [3.8, 4) is 5.75 Å². The van der Waals surface area contributed by atoms with Crippen molar-refractivity contribution in [1.82, 2.24) is 4.98 Å². The van der Waals surface area contributed by atoms with Crippen molar-refractivity contribution in [1.29, 1.82) is 0 Å². The normalized spacial score (nSPS) is 23.9. The molecule has 1 atom stereocenters. The highest BCUT2D eigenvalue weighted by Crippen LogP contribution is 2.43. The van der Waals surface area contributed by atoms with Crippen molar-refractivity contribution in [2.75, 3.05) is 13.2 Å². The van der Waals surface area contributed by atoms with Gasteiger partial charge in [-0.3, -0.25) is 4.98 Å². The first-order valence-electron chi connectivity index (χ1n) is 5.55. The quantitative estimate of drug-likeness (QED) is 0.705. The first-order valence-corrected chi connectivity index (χ1v) is 5.55. The highest BCUT2D eigenvalue weighted by atomic mass is 16.6. The summed E-state index contributed by atoms with van der Waals surface area (Å²) in [4.78, 5) is 4.57. The van der Waals surface area contributed by atoms with Gasteiger partial charge in [-0.15, -0.1) is 0 Å². The first kappa shape index (κ1) is 9.16. The van der Waals surface area contributed by atoms with Crippen molar-refractivity contribution >= 4 is 0 Å². The summed E-state index contributed by atoms with van der Waals surface area (Å²) in [7, 11) is 0. The Kier molecular flexibility index (Phi) is 2.13. The van der Waals surface area contributed by atoms with Crippen LogP contribution in [0.3, 0.4) is 0 Å². The fraction of sp³-hybridized carbons (Fsp3) is 0.583. The van der Waals surface area contributed by atoms with Gasteiger partial charge >= 0.3 is 0 Å². The van der Waals surface area contributed by atoms with Crippen molar-refractivity contribution in [3.05, 3.63) is 23.5 Å². The van der Waals surface area contributed by atoms with Crippen LogP contribution >= 0.6 is 0 Å². The monoisotopic (exact) mass is 205 g/mol. The van der Waals surface area contributed by atoms with E-state index in [0.717, 1.165) is 23.7 Å².